The van der Waals surface area contributed by atoms with E-state index in [0.29, 0.717) is 0 Å². The summed E-state index contributed by atoms with van der Waals surface area (Å²) < 4.78 is 0. The van der Waals surface area contributed by atoms with Gasteiger partial charge in [-0.2, -0.15) is 0 Å². The van der Waals surface area contributed by atoms with Gasteiger partial charge in [-0.25, -0.2) is 0 Å². The molecule has 2 aliphatic rings. The van der Waals surface area contributed by atoms with Gasteiger partial charge in [0.05, 0.1) is 11.7 Å². The lowest BCUT2D eigenvalue weighted by Gasteiger charge is -2.46. The number of rotatable bonds is 2. The number of β-amino-alcohol motifs (C(OH)–C–C–N with tert-alkyl or cyclic N) is 1. The Kier molecular flexibility index (Phi) is 2.82. The normalized spacial score (nSPS) is 37.9. The van der Waals surface area contributed by atoms with Crippen molar-refractivity contribution >= 4 is 0 Å². The summed E-state index contributed by atoms with van der Waals surface area (Å²) in [6.45, 7) is 4.66. The van der Waals surface area contributed by atoms with Gasteiger partial charge in [0.25, 0.3) is 0 Å². The Morgan fingerprint density at radius 3 is 2.29 bits per heavy atom. The summed E-state index contributed by atoms with van der Waals surface area (Å²) >= 11 is 0. The minimum atomic E-state index is -0.436. The number of nitrogens with zero attached hydrogens (tertiary/aromatic N) is 1. The molecular formula is C11H21NO2. The molecule has 0 aromatic rings. The Hall–Kier alpha value is -0.120. The Morgan fingerprint density at radius 2 is 1.79 bits per heavy atom. The van der Waals surface area contributed by atoms with E-state index in [9.17, 15) is 10.2 Å². The van der Waals surface area contributed by atoms with Crippen LogP contribution in [0.3, 0.4) is 0 Å². The van der Waals surface area contributed by atoms with Gasteiger partial charge in [-0.15, -0.1) is 0 Å². The fourth-order valence-electron chi connectivity index (χ4n) is 2.74. The molecule has 82 valence electrons. The lowest BCUT2D eigenvalue weighted by atomic mass is 9.85. The highest BCUT2D eigenvalue weighted by Gasteiger charge is 2.37. The molecular weight excluding hydrogens is 178 g/mol. The van der Waals surface area contributed by atoms with E-state index >= 15 is 0 Å². The van der Waals surface area contributed by atoms with E-state index in [-0.39, 0.29) is 6.10 Å². The van der Waals surface area contributed by atoms with E-state index in [0.717, 1.165) is 51.2 Å². The molecule has 14 heavy (non-hydrogen) atoms. The van der Waals surface area contributed by atoms with Crippen molar-refractivity contribution in [3.63, 3.8) is 0 Å². The zero-order chi connectivity index (χ0) is 10.2. The zero-order valence-electron chi connectivity index (χ0n) is 8.95. The number of hydrogen-bond acceptors (Lipinski definition) is 3. The van der Waals surface area contributed by atoms with E-state index in [2.05, 4.69) is 4.90 Å². The molecule has 0 aromatic carbocycles. The van der Waals surface area contributed by atoms with Crippen LogP contribution in [0.5, 0.6) is 0 Å². The summed E-state index contributed by atoms with van der Waals surface area (Å²) in [7, 11) is 0. The standard InChI is InChI=1S/C11H21NO2/c1-11(14)7-12(8-11)6-9-2-4-10(13)5-3-9/h9-10,13-14H,2-8H2,1H3. The third kappa shape index (κ3) is 2.47. The lowest BCUT2D eigenvalue weighted by Crippen LogP contribution is -2.60. The van der Waals surface area contributed by atoms with Crippen LogP contribution < -0.4 is 0 Å². The molecule has 0 unspecified atom stereocenters. The molecule has 1 aliphatic carbocycles. The van der Waals surface area contributed by atoms with Crippen molar-refractivity contribution in [3.8, 4) is 0 Å². The Bertz CT molecular complexity index is 189. The van der Waals surface area contributed by atoms with Crippen LogP contribution >= 0.6 is 0 Å². The van der Waals surface area contributed by atoms with Gasteiger partial charge in [0.15, 0.2) is 0 Å². The maximum Gasteiger partial charge on any atom is 0.0872 e. The molecule has 0 aromatic heterocycles. The Balaban J connectivity index is 1.67. The fraction of sp³-hybridized carbons (Fsp3) is 1.00. The molecule has 0 bridgehead atoms. The summed E-state index contributed by atoms with van der Waals surface area (Å²) in [5, 5.41) is 18.9. The van der Waals surface area contributed by atoms with Crippen molar-refractivity contribution in [1.82, 2.24) is 4.90 Å². The minimum Gasteiger partial charge on any atom is -0.393 e. The topological polar surface area (TPSA) is 43.7 Å². The number of likely N-dealkylation sites (tertiary alicyclic amines) is 1. The molecule has 1 heterocycles. The summed E-state index contributed by atoms with van der Waals surface area (Å²) in [6.07, 6.45) is 4.19. The molecule has 1 saturated heterocycles. The van der Waals surface area contributed by atoms with Gasteiger partial charge >= 0.3 is 0 Å². The highest BCUT2D eigenvalue weighted by Crippen LogP contribution is 2.28. The number of hydrogen-bond donors (Lipinski definition) is 2. The first-order chi connectivity index (χ1) is 6.55. The quantitative estimate of drug-likeness (QED) is 0.684. The van der Waals surface area contributed by atoms with Crippen molar-refractivity contribution in [2.75, 3.05) is 19.6 Å². The second-order valence-electron chi connectivity index (χ2n) is 5.34. The molecule has 0 amide bonds. The molecule has 0 radical (unpaired) electrons. The largest absolute Gasteiger partial charge is 0.393 e. The van der Waals surface area contributed by atoms with E-state index in [1.807, 2.05) is 6.92 Å². The van der Waals surface area contributed by atoms with Gasteiger partial charge in [0.1, 0.15) is 0 Å². The van der Waals surface area contributed by atoms with E-state index in [4.69, 9.17) is 0 Å². The number of aliphatic hydroxyl groups excluding tert-OH is 1. The van der Waals surface area contributed by atoms with Crippen molar-refractivity contribution < 1.29 is 10.2 Å². The molecule has 0 atom stereocenters. The molecule has 0 spiro atoms. The third-order valence-electron chi connectivity index (χ3n) is 3.46. The van der Waals surface area contributed by atoms with E-state index in [1.165, 1.54) is 0 Å². The van der Waals surface area contributed by atoms with Crippen LogP contribution in [-0.2, 0) is 0 Å². The fourth-order valence-corrected chi connectivity index (χ4v) is 2.74. The van der Waals surface area contributed by atoms with Gasteiger partial charge in [-0.1, -0.05) is 0 Å². The first-order valence-electron chi connectivity index (χ1n) is 5.68. The highest BCUT2D eigenvalue weighted by molar-refractivity contribution is 4.92. The lowest BCUT2D eigenvalue weighted by molar-refractivity contribution is -0.0911. The Morgan fingerprint density at radius 1 is 1.21 bits per heavy atom. The molecule has 1 aliphatic heterocycles. The highest BCUT2D eigenvalue weighted by atomic mass is 16.3. The smallest absolute Gasteiger partial charge is 0.0872 e. The summed E-state index contributed by atoms with van der Waals surface area (Å²) in [4.78, 5) is 2.32. The molecule has 2 N–H and O–H groups in total. The van der Waals surface area contributed by atoms with Crippen LogP contribution in [0.25, 0.3) is 0 Å². The van der Waals surface area contributed by atoms with Crippen molar-refractivity contribution in [1.29, 1.82) is 0 Å². The third-order valence-corrected chi connectivity index (χ3v) is 3.46. The predicted octanol–water partition coefficient (Wildman–Crippen LogP) is 0.604. The number of aliphatic hydroxyl groups is 2. The molecule has 2 rings (SSSR count). The van der Waals surface area contributed by atoms with Crippen LogP contribution in [0.1, 0.15) is 32.6 Å². The molecule has 3 nitrogen and oxygen atoms in total. The van der Waals surface area contributed by atoms with Gasteiger partial charge in [0, 0.05) is 19.6 Å². The van der Waals surface area contributed by atoms with E-state index in [1.54, 1.807) is 0 Å². The van der Waals surface area contributed by atoms with Crippen molar-refractivity contribution in [2.45, 2.75) is 44.3 Å². The second-order valence-corrected chi connectivity index (χ2v) is 5.34. The first kappa shape index (κ1) is 10.4. The van der Waals surface area contributed by atoms with Gasteiger partial charge in [-0.3, -0.25) is 4.90 Å². The van der Waals surface area contributed by atoms with Crippen LogP contribution in [0.2, 0.25) is 0 Å². The van der Waals surface area contributed by atoms with E-state index < -0.39 is 5.60 Å². The van der Waals surface area contributed by atoms with Crippen LogP contribution in [0.4, 0.5) is 0 Å². The minimum absolute atomic E-state index is 0.0502. The van der Waals surface area contributed by atoms with Gasteiger partial charge < -0.3 is 10.2 Å². The first-order valence-corrected chi connectivity index (χ1v) is 5.68. The summed E-state index contributed by atoms with van der Waals surface area (Å²) in [5.74, 6) is 0.745. The van der Waals surface area contributed by atoms with Gasteiger partial charge in [-0.05, 0) is 38.5 Å². The van der Waals surface area contributed by atoms with Gasteiger partial charge in [0.2, 0.25) is 0 Å². The van der Waals surface area contributed by atoms with Crippen LogP contribution in [-0.4, -0.2) is 46.5 Å². The van der Waals surface area contributed by atoms with Crippen molar-refractivity contribution in [3.05, 3.63) is 0 Å². The summed E-state index contributed by atoms with van der Waals surface area (Å²) in [6, 6.07) is 0. The van der Waals surface area contributed by atoms with Crippen molar-refractivity contribution in [2.24, 2.45) is 5.92 Å². The van der Waals surface area contributed by atoms with Crippen LogP contribution in [0, 0.1) is 5.92 Å². The SMILES string of the molecule is CC1(O)CN(CC2CCC(O)CC2)C1. The Labute approximate surface area is 85.7 Å². The van der Waals surface area contributed by atoms with Crippen LogP contribution in [0.15, 0.2) is 0 Å². The average Bonchev–Trinajstić information content (AvgIpc) is 2.06. The second kappa shape index (κ2) is 3.80. The maximum absolute atomic E-state index is 9.57. The monoisotopic (exact) mass is 199 g/mol. The molecule has 3 heteroatoms. The molecule has 1 saturated carbocycles. The summed E-state index contributed by atoms with van der Waals surface area (Å²) in [5.41, 5.74) is -0.436. The maximum atomic E-state index is 9.57. The molecule has 2 fully saturated rings. The predicted molar refractivity (Wildman–Crippen MR) is 55.0 cm³/mol. The zero-order valence-corrected chi connectivity index (χ0v) is 8.95. The average molecular weight is 199 g/mol.